The number of hydrogen-bond acceptors (Lipinski definition) is 5. The molecule has 0 radical (unpaired) electrons. The van der Waals surface area contributed by atoms with E-state index >= 15 is 0 Å². The summed E-state index contributed by atoms with van der Waals surface area (Å²) >= 11 is 0. The molecule has 2 aromatic rings. The number of piperazine rings is 1. The molecule has 0 saturated carbocycles. The Morgan fingerprint density at radius 2 is 1.55 bits per heavy atom. The molecule has 1 aliphatic heterocycles. The monoisotopic (exact) mass is 440 g/mol. The average molecular weight is 441 g/mol. The van der Waals surface area contributed by atoms with Crippen LogP contribution in [0.5, 0.6) is 5.75 Å². The highest BCUT2D eigenvalue weighted by atomic mass is 35.5. The zero-order chi connectivity index (χ0) is 19.1. The molecule has 1 heterocycles. The largest absolute Gasteiger partial charge is 0.491 e. The standard InChI is InChI=1S/C22H28N2O3.2ClH/c1-18(25)20-7-9-22(10-8-20)27-17-21(26)16-24-13-11-23(12-14-24)15-19-5-3-2-4-6-19;;/h2-10,21,26H,11-17H2,1H3;2*1H. The summed E-state index contributed by atoms with van der Waals surface area (Å²) in [7, 11) is 0. The smallest absolute Gasteiger partial charge is 0.159 e. The number of nitrogens with zero attached hydrogens (tertiary/aromatic N) is 2. The molecule has 0 aromatic heterocycles. The van der Waals surface area contributed by atoms with Crippen LogP contribution in [0.1, 0.15) is 22.8 Å². The molecule has 1 unspecified atom stereocenters. The molecule has 1 N–H and O–H groups in total. The molecule has 1 atom stereocenters. The van der Waals surface area contributed by atoms with E-state index in [1.165, 1.54) is 5.56 Å². The van der Waals surface area contributed by atoms with Crippen molar-refractivity contribution in [1.82, 2.24) is 9.80 Å². The number of halogens is 2. The molecule has 7 heteroatoms. The summed E-state index contributed by atoms with van der Waals surface area (Å²) in [6, 6.07) is 17.6. The number of hydrogen-bond donors (Lipinski definition) is 1. The van der Waals surface area contributed by atoms with Crippen LogP contribution < -0.4 is 4.74 Å². The number of ether oxygens (including phenoxy) is 1. The van der Waals surface area contributed by atoms with Crippen molar-refractivity contribution < 1.29 is 14.6 Å². The van der Waals surface area contributed by atoms with Gasteiger partial charge in [-0.2, -0.15) is 0 Å². The van der Waals surface area contributed by atoms with Crippen LogP contribution in [0.15, 0.2) is 54.6 Å². The normalized spacial score (nSPS) is 15.7. The van der Waals surface area contributed by atoms with Gasteiger partial charge in [0, 0.05) is 44.8 Å². The Morgan fingerprint density at radius 1 is 0.966 bits per heavy atom. The topological polar surface area (TPSA) is 53.0 Å². The molecule has 1 saturated heterocycles. The van der Waals surface area contributed by atoms with Crippen molar-refractivity contribution in [2.75, 3.05) is 39.3 Å². The molecular weight excluding hydrogens is 411 g/mol. The van der Waals surface area contributed by atoms with Crippen molar-refractivity contribution in [3.8, 4) is 5.75 Å². The summed E-state index contributed by atoms with van der Waals surface area (Å²) in [5, 5.41) is 10.3. The molecule has 0 aliphatic carbocycles. The SMILES string of the molecule is CC(=O)c1ccc(OCC(O)CN2CCN(Cc3ccccc3)CC2)cc1.Cl.Cl. The highest BCUT2D eigenvalue weighted by Crippen LogP contribution is 2.13. The minimum Gasteiger partial charge on any atom is -0.491 e. The van der Waals surface area contributed by atoms with E-state index in [1.807, 2.05) is 6.07 Å². The fourth-order valence-corrected chi connectivity index (χ4v) is 3.30. The third-order valence-electron chi connectivity index (χ3n) is 4.89. The number of benzene rings is 2. The van der Waals surface area contributed by atoms with Crippen molar-refractivity contribution >= 4 is 30.6 Å². The number of Topliss-reactive ketones (excluding diaryl/α,β-unsaturated/α-hetero) is 1. The Labute approximate surface area is 185 Å². The van der Waals surface area contributed by atoms with Crippen LogP contribution in [0, 0.1) is 0 Å². The van der Waals surface area contributed by atoms with Gasteiger partial charge in [0.25, 0.3) is 0 Å². The summed E-state index contributed by atoms with van der Waals surface area (Å²) in [5.74, 6) is 0.708. The first-order valence-electron chi connectivity index (χ1n) is 9.50. The van der Waals surface area contributed by atoms with Crippen molar-refractivity contribution in [3.63, 3.8) is 0 Å². The first kappa shape index (κ1) is 25.4. The van der Waals surface area contributed by atoms with Gasteiger partial charge in [-0.15, -0.1) is 24.8 Å². The van der Waals surface area contributed by atoms with E-state index in [-0.39, 0.29) is 37.2 Å². The molecule has 1 fully saturated rings. The molecule has 160 valence electrons. The Bertz CT molecular complexity index is 721. The number of ketones is 1. The summed E-state index contributed by atoms with van der Waals surface area (Å²) in [6.07, 6.45) is -0.529. The van der Waals surface area contributed by atoms with Crippen LogP contribution in [-0.2, 0) is 6.54 Å². The second-order valence-corrected chi connectivity index (χ2v) is 7.11. The van der Waals surface area contributed by atoms with E-state index in [0.717, 1.165) is 32.7 Å². The maximum atomic E-state index is 11.3. The second-order valence-electron chi connectivity index (χ2n) is 7.11. The maximum absolute atomic E-state index is 11.3. The number of aliphatic hydroxyl groups is 1. The summed E-state index contributed by atoms with van der Waals surface area (Å²) in [4.78, 5) is 16.0. The van der Waals surface area contributed by atoms with Crippen LogP contribution >= 0.6 is 24.8 Å². The van der Waals surface area contributed by atoms with E-state index in [0.29, 0.717) is 17.9 Å². The average Bonchev–Trinajstić information content (AvgIpc) is 2.69. The number of β-amino-alcohol motifs (C(OH)–C–C–N with tert-alkyl or cyclic N) is 1. The minimum atomic E-state index is -0.529. The third kappa shape index (κ3) is 8.33. The molecule has 2 aromatic carbocycles. The Balaban J connectivity index is 0.00000210. The lowest BCUT2D eigenvalue weighted by Crippen LogP contribution is -2.48. The fourth-order valence-electron chi connectivity index (χ4n) is 3.30. The minimum absolute atomic E-state index is 0. The zero-order valence-corrected chi connectivity index (χ0v) is 18.3. The van der Waals surface area contributed by atoms with Crippen LogP contribution in [0.4, 0.5) is 0 Å². The molecule has 5 nitrogen and oxygen atoms in total. The van der Waals surface area contributed by atoms with Crippen LogP contribution in [0.3, 0.4) is 0 Å². The van der Waals surface area contributed by atoms with Gasteiger partial charge in [0.05, 0.1) is 0 Å². The quantitative estimate of drug-likeness (QED) is 0.638. The predicted octanol–water partition coefficient (Wildman–Crippen LogP) is 3.29. The highest BCUT2D eigenvalue weighted by Gasteiger charge is 2.19. The van der Waals surface area contributed by atoms with E-state index in [9.17, 15) is 9.90 Å². The number of carbonyl (C=O) groups excluding carboxylic acids is 1. The highest BCUT2D eigenvalue weighted by molar-refractivity contribution is 5.94. The van der Waals surface area contributed by atoms with E-state index in [2.05, 4.69) is 34.1 Å². The van der Waals surface area contributed by atoms with Crippen molar-refractivity contribution in [1.29, 1.82) is 0 Å². The lowest BCUT2D eigenvalue weighted by molar-refractivity contribution is 0.0446. The van der Waals surface area contributed by atoms with Crippen molar-refractivity contribution in [2.24, 2.45) is 0 Å². The van der Waals surface area contributed by atoms with Crippen molar-refractivity contribution in [2.45, 2.75) is 19.6 Å². The van der Waals surface area contributed by atoms with Gasteiger partial charge >= 0.3 is 0 Å². The van der Waals surface area contributed by atoms with Gasteiger partial charge in [-0.1, -0.05) is 30.3 Å². The second kappa shape index (κ2) is 12.8. The molecule has 0 spiro atoms. The maximum Gasteiger partial charge on any atom is 0.159 e. The van der Waals surface area contributed by atoms with Gasteiger partial charge in [0.15, 0.2) is 5.78 Å². The van der Waals surface area contributed by atoms with Gasteiger partial charge in [0.1, 0.15) is 18.5 Å². The fraction of sp³-hybridized carbons (Fsp3) is 0.409. The van der Waals surface area contributed by atoms with Gasteiger partial charge in [-0.3, -0.25) is 14.6 Å². The number of aliphatic hydroxyl groups excluding tert-OH is 1. The van der Waals surface area contributed by atoms with Crippen LogP contribution in [0.25, 0.3) is 0 Å². The molecule has 3 rings (SSSR count). The molecule has 0 amide bonds. The van der Waals surface area contributed by atoms with E-state index in [4.69, 9.17) is 4.74 Å². The van der Waals surface area contributed by atoms with Crippen LogP contribution in [-0.4, -0.2) is 66.1 Å². The number of rotatable bonds is 8. The Morgan fingerprint density at radius 3 is 2.14 bits per heavy atom. The summed E-state index contributed by atoms with van der Waals surface area (Å²) in [5.41, 5.74) is 2.01. The summed E-state index contributed by atoms with van der Waals surface area (Å²) in [6.45, 7) is 7.32. The van der Waals surface area contributed by atoms with E-state index in [1.54, 1.807) is 31.2 Å². The number of carbonyl (C=O) groups is 1. The molecule has 0 bridgehead atoms. The van der Waals surface area contributed by atoms with Crippen LogP contribution in [0.2, 0.25) is 0 Å². The molecule has 29 heavy (non-hydrogen) atoms. The van der Waals surface area contributed by atoms with Gasteiger partial charge < -0.3 is 9.84 Å². The Hall–Kier alpha value is -1.63. The van der Waals surface area contributed by atoms with Gasteiger partial charge in [-0.05, 0) is 36.8 Å². The Kier molecular flexibility index (Phi) is 11.2. The van der Waals surface area contributed by atoms with E-state index < -0.39 is 6.10 Å². The first-order valence-corrected chi connectivity index (χ1v) is 9.50. The molecular formula is C22H30Cl2N2O3. The summed E-state index contributed by atoms with van der Waals surface area (Å²) < 4.78 is 5.65. The third-order valence-corrected chi connectivity index (χ3v) is 4.89. The zero-order valence-electron chi connectivity index (χ0n) is 16.7. The first-order chi connectivity index (χ1) is 13.1. The lowest BCUT2D eigenvalue weighted by atomic mass is 10.1. The van der Waals surface area contributed by atoms with Gasteiger partial charge in [0.2, 0.25) is 0 Å². The molecule has 1 aliphatic rings. The lowest BCUT2D eigenvalue weighted by Gasteiger charge is -2.35. The van der Waals surface area contributed by atoms with Crippen molar-refractivity contribution in [3.05, 3.63) is 65.7 Å². The predicted molar refractivity (Wildman–Crippen MR) is 121 cm³/mol. The van der Waals surface area contributed by atoms with Gasteiger partial charge in [-0.25, -0.2) is 0 Å².